The molecule has 0 aliphatic heterocycles. The molecule has 3 nitrogen and oxygen atoms in total. The second-order valence-electron chi connectivity index (χ2n) is 3.84. The summed E-state index contributed by atoms with van der Waals surface area (Å²) in [6, 6.07) is 9.61. The summed E-state index contributed by atoms with van der Waals surface area (Å²) in [5, 5.41) is 0. The number of hydrogen-bond donors (Lipinski definition) is 1. The SMILES string of the molecule is C=CCc1c(C)nc(-c2ccccc2)[nH]c1=O. The van der Waals surface area contributed by atoms with Crippen molar-refractivity contribution < 1.29 is 0 Å². The molecule has 2 aromatic rings. The molecule has 86 valence electrons. The maximum atomic E-state index is 11.9. The van der Waals surface area contributed by atoms with Gasteiger partial charge in [0, 0.05) is 16.8 Å². The molecule has 17 heavy (non-hydrogen) atoms. The van der Waals surface area contributed by atoms with Crippen LogP contribution < -0.4 is 5.56 Å². The van der Waals surface area contributed by atoms with Crippen LogP contribution in [0.2, 0.25) is 0 Å². The first kappa shape index (κ1) is 11.3. The maximum Gasteiger partial charge on any atom is 0.254 e. The molecular formula is C14H14N2O. The lowest BCUT2D eigenvalue weighted by molar-refractivity contribution is 1.00. The fourth-order valence-electron chi connectivity index (χ4n) is 1.73. The predicted octanol–water partition coefficient (Wildman–Crippen LogP) is 2.47. The zero-order valence-electron chi connectivity index (χ0n) is 9.73. The molecule has 0 spiro atoms. The third-order valence-electron chi connectivity index (χ3n) is 2.62. The van der Waals surface area contributed by atoms with Gasteiger partial charge in [-0.1, -0.05) is 36.4 Å². The van der Waals surface area contributed by atoms with Gasteiger partial charge in [0.1, 0.15) is 5.82 Å². The van der Waals surface area contributed by atoms with E-state index in [1.165, 1.54) is 0 Å². The van der Waals surface area contributed by atoms with Crippen LogP contribution in [0.1, 0.15) is 11.3 Å². The van der Waals surface area contributed by atoms with Crippen molar-refractivity contribution in [3.63, 3.8) is 0 Å². The average Bonchev–Trinajstić information content (AvgIpc) is 2.35. The molecule has 0 saturated carbocycles. The van der Waals surface area contributed by atoms with Crippen molar-refractivity contribution in [1.82, 2.24) is 9.97 Å². The number of hydrogen-bond acceptors (Lipinski definition) is 2. The number of H-pyrrole nitrogens is 1. The summed E-state index contributed by atoms with van der Waals surface area (Å²) in [7, 11) is 0. The first-order valence-corrected chi connectivity index (χ1v) is 5.48. The van der Waals surface area contributed by atoms with E-state index in [9.17, 15) is 4.79 Å². The highest BCUT2D eigenvalue weighted by molar-refractivity contribution is 5.54. The summed E-state index contributed by atoms with van der Waals surface area (Å²) in [6.45, 7) is 5.49. The van der Waals surface area contributed by atoms with Crippen molar-refractivity contribution in [2.45, 2.75) is 13.3 Å². The van der Waals surface area contributed by atoms with E-state index in [-0.39, 0.29) is 5.56 Å². The van der Waals surface area contributed by atoms with Crippen molar-refractivity contribution in [1.29, 1.82) is 0 Å². The van der Waals surface area contributed by atoms with Gasteiger partial charge in [0.2, 0.25) is 0 Å². The fourth-order valence-corrected chi connectivity index (χ4v) is 1.73. The Kier molecular flexibility index (Phi) is 3.19. The van der Waals surface area contributed by atoms with Gasteiger partial charge in [0.05, 0.1) is 0 Å². The van der Waals surface area contributed by atoms with Crippen molar-refractivity contribution in [3.8, 4) is 11.4 Å². The van der Waals surface area contributed by atoms with E-state index in [0.717, 1.165) is 11.3 Å². The Labute approximate surface area is 99.9 Å². The lowest BCUT2D eigenvalue weighted by atomic mass is 10.1. The van der Waals surface area contributed by atoms with Crippen LogP contribution in [0.4, 0.5) is 0 Å². The number of nitrogens with zero attached hydrogens (tertiary/aromatic N) is 1. The Hall–Kier alpha value is -2.16. The van der Waals surface area contributed by atoms with Gasteiger partial charge in [0.15, 0.2) is 0 Å². The Bertz CT molecular complexity index is 585. The second kappa shape index (κ2) is 4.78. The van der Waals surface area contributed by atoms with Crippen molar-refractivity contribution in [2.75, 3.05) is 0 Å². The van der Waals surface area contributed by atoms with Crippen molar-refractivity contribution in [3.05, 3.63) is 64.6 Å². The molecular weight excluding hydrogens is 212 g/mol. The molecule has 0 aliphatic rings. The molecule has 1 aromatic carbocycles. The summed E-state index contributed by atoms with van der Waals surface area (Å²) in [5.74, 6) is 0.612. The summed E-state index contributed by atoms with van der Waals surface area (Å²) >= 11 is 0. The largest absolute Gasteiger partial charge is 0.306 e. The molecule has 0 saturated heterocycles. The molecule has 0 radical (unpaired) electrons. The smallest absolute Gasteiger partial charge is 0.254 e. The quantitative estimate of drug-likeness (QED) is 0.817. The van der Waals surface area contributed by atoms with Crippen LogP contribution in [0.5, 0.6) is 0 Å². The summed E-state index contributed by atoms with van der Waals surface area (Å²) in [5.41, 5.74) is 2.27. The third kappa shape index (κ3) is 2.33. The number of aromatic nitrogens is 2. The first-order chi connectivity index (χ1) is 8.22. The van der Waals surface area contributed by atoms with Gasteiger partial charge in [0.25, 0.3) is 5.56 Å². The molecule has 1 aromatic heterocycles. The van der Waals surface area contributed by atoms with Crippen LogP contribution in [-0.4, -0.2) is 9.97 Å². The minimum Gasteiger partial charge on any atom is -0.306 e. The summed E-state index contributed by atoms with van der Waals surface area (Å²) < 4.78 is 0. The monoisotopic (exact) mass is 226 g/mol. The van der Waals surface area contributed by atoms with Gasteiger partial charge < -0.3 is 4.98 Å². The van der Waals surface area contributed by atoms with Crippen LogP contribution in [0.25, 0.3) is 11.4 Å². The molecule has 0 aliphatic carbocycles. The van der Waals surface area contributed by atoms with Gasteiger partial charge in [-0.3, -0.25) is 4.79 Å². The normalized spacial score (nSPS) is 10.2. The van der Waals surface area contributed by atoms with Crippen LogP contribution in [0, 0.1) is 6.92 Å². The maximum absolute atomic E-state index is 11.9. The molecule has 2 rings (SSSR count). The molecule has 1 heterocycles. The van der Waals surface area contributed by atoms with E-state index in [2.05, 4.69) is 16.5 Å². The highest BCUT2D eigenvalue weighted by Crippen LogP contribution is 2.13. The van der Waals surface area contributed by atoms with E-state index >= 15 is 0 Å². The topological polar surface area (TPSA) is 45.8 Å². The molecule has 0 atom stereocenters. The number of aryl methyl sites for hydroxylation is 1. The molecule has 0 unspecified atom stereocenters. The zero-order chi connectivity index (χ0) is 12.3. The van der Waals surface area contributed by atoms with Crippen molar-refractivity contribution >= 4 is 0 Å². The van der Waals surface area contributed by atoms with Crippen LogP contribution in [-0.2, 0) is 6.42 Å². The van der Waals surface area contributed by atoms with Gasteiger partial charge in [-0.2, -0.15) is 0 Å². The lowest BCUT2D eigenvalue weighted by Crippen LogP contribution is -2.16. The highest BCUT2D eigenvalue weighted by Gasteiger charge is 2.07. The van der Waals surface area contributed by atoms with E-state index in [4.69, 9.17) is 0 Å². The molecule has 3 heteroatoms. The molecule has 1 N–H and O–H groups in total. The van der Waals surface area contributed by atoms with Crippen molar-refractivity contribution in [2.24, 2.45) is 0 Å². The van der Waals surface area contributed by atoms with Crippen LogP contribution >= 0.6 is 0 Å². The highest BCUT2D eigenvalue weighted by atomic mass is 16.1. The lowest BCUT2D eigenvalue weighted by Gasteiger charge is -2.05. The molecule has 0 bridgehead atoms. The fraction of sp³-hybridized carbons (Fsp3) is 0.143. The van der Waals surface area contributed by atoms with Gasteiger partial charge in [-0.15, -0.1) is 6.58 Å². The Morgan fingerprint density at radius 1 is 1.35 bits per heavy atom. The Balaban J connectivity index is 2.53. The van der Waals surface area contributed by atoms with Crippen LogP contribution in [0.3, 0.4) is 0 Å². The average molecular weight is 226 g/mol. The van der Waals surface area contributed by atoms with E-state index in [1.54, 1.807) is 6.08 Å². The number of rotatable bonds is 3. The summed E-state index contributed by atoms with van der Waals surface area (Å²) in [6.07, 6.45) is 2.25. The Morgan fingerprint density at radius 3 is 2.65 bits per heavy atom. The van der Waals surface area contributed by atoms with E-state index in [1.807, 2.05) is 37.3 Å². The number of benzene rings is 1. The number of allylic oxidation sites excluding steroid dienone is 1. The third-order valence-corrected chi connectivity index (χ3v) is 2.62. The molecule has 0 amide bonds. The molecule has 0 fully saturated rings. The predicted molar refractivity (Wildman–Crippen MR) is 68.9 cm³/mol. The van der Waals surface area contributed by atoms with Crippen LogP contribution in [0.15, 0.2) is 47.8 Å². The zero-order valence-corrected chi connectivity index (χ0v) is 9.73. The van der Waals surface area contributed by atoms with Gasteiger partial charge in [-0.25, -0.2) is 4.98 Å². The van der Waals surface area contributed by atoms with E-state index < -0.39 is 0 Å². The number of aromatic amines is 1. The second-order valence-corrected chi connectivity index (χ2v) is 3.84. The minimum absolute atomic E-state index is 0.0868. The van der Waals surface area contributed by atoms with Gasteiger partial charge >= 0.3 is 0 Å². The number of nitrogens with one attached hydrogen (secondary N) is 1. The summed E-state index contributed by atoms with van der Waals surface area (Å²) in [4.78, 5) is 19.1. The van der Waals surface area contributed by atoms with Gasteiger partial charge in [-0.05, 0) is 13.3 Å². The standard InChI is InChI=1S/C14H14N2O/c1-3-7-12-10(2)15-13(16-14(12)17)11-8-5-4-6-9-11/h3-6,8-9H,1,7H2,2H3,(H,15,16,17). The first-order valence-electron chi connectivity index (χ1n) is 5.48. The Morgan fingerprint density at radius 2 is 2.06 bits per heavy atom. The minimum atomic E-state index is -0.0868. The van der Waals surface area contributed by atoms with E-state index in [0.29, 0.717) is 17.8 Å².